The normalized spacial score (nSPS) is 30.7. The van der Waals surface area contributed by atoms with E-state index in [1.165, 1.54) is 0 Å². The van der Waals surface area contributed by atoms with E-state index < -0.39 is 0 Å². The second-order valence-electron chi connectivity index (χ2n) is 4.59. The molecule has 1 aliphatic rings. The molecule has 0 heterocycles. The molecular formula is C10H17NO2. The maximum absolute atomic E-state index is 11.2. The largest absolute Gasteiger partial charge is 0.370 e. The molecule has 3 nitrogen and oxygen atoms in total. The summed E-state index contributed by atoms with van der Waals surface area (Å²) in [5, 5.41) is 0. The molecule has 1 rings (SSSR count). The molecule has 0 spiro atoms. The van der Waals surface area contributed by atoms with Crippen molar-refractivity contribution in [2.75, 3.05) is 0 Å². The van der Waals surface area contributed by atoms with Crippen molar-refractivity contribution in [1.29, 1.82) is 0 Å². The van der Waals surface area contributed by atoms with Gasteiger partial charge in [-0.3, -0.25) is 9.59 Å². The third-order valence-electron chi connectivity index (χ3n) is 3.41. The smallest absolute Gasteiger partial charge is 0.217 e. The van der Waals surface area contributed by atoms with E-state index in [0.29, 0.717) is 12.3 Å². The van der Waals surface area contributed by atoms with Crippen LogP contribution in [0.5, 0.6) is 0 Å². The zero-order chi connectivity index (χ0) is 10.2. The Labute approximate surface area is 78.7 Å². The highest BCUT2D eigenvalue weighted by atomic mass is 16.1. The Balaban J connectivity index is 2.59. The maximum atomic E-state index is 11.2. The molecule has 0 saturated heterocycles. The van der Waals surface area contributed by atoms with Crippen molar-refractivity contribution in [2.45, 2.75) is 33.6 Å². The first kappa shape index (κ1) is 10.2. The number of primary amides is 1. The van der Waals surface area contributed by atoms with Gasteiger partial charge >= 0.3 is 0 Å². The highest BCUT2D eigenvalue weighted by molar-refractivity contribution is 5.81. The zero-order valence-electron chi connectivity index (χ0n) is 8.46. The van der Waals surface area contributed by atoms with Crippen molar-refractivity contribution in [3.05, 3.63) is 0 Å². The van der Waals surface area contributed by atoms with Gasteiger partial charge in [-0.2, -0.15) is 0 Å². The van der Waals surface area contributed by atoms with Gasteiger partial charge in [-0.15, -0.1) is 0 Å². The van der Waals surface area contributed by atoms with E-state index >= 15 is 0 Å². The van der Waals surface area contributed by atoms with E-state index in [4.69, 9.17) is 5.73 Å². The molecular weight excluding hydrogens is 166 g/mol. The van der Waals surface area contributed by atoms with Gasteiger partial charge in [0, 0.05) is 12.3 Å². The molecule has 1 saturated carbocycles. The van der Waals surface area contributed by atoms with Crippen LogP contribution in [0.1, 0.15) is 33.6 Å². The maximum Gasteiger partial charge on any atom is 0.217 e. The molecule has 2 N–H and O–H groups in total. The van der Waals surface area contributed by atoms with Gasteiger partial charge in [-0.1, -0.05) is 13.8 Å². The summed E-state index contributed by atoms with van der Waals surface area (Å²) in [7, 11) is 0. The molecule has 3 heteroatoms. The molecule has 13 heavy (non-hydrogen) atoms. The first-order valence-corrected chi connectivity index (χ1v) is 4.64. The van der Waals surface area contributed by atoms with Gasteiger partial charge in [0.05, 0.1) is 0 Å². The number of amides is 1. The lowest BCUT2D eigenvalue weighted by Crippen LogP contribution is -2.49. The van der Waals surface area contributed by atoms with Crippen LogP contribution in [0.15, 0.2) is 0 Å². The minimum Gasteiger partial charge on any atom is -0.370 e. The number of Topliss-reactive ketones (excluding diaryl/α,β-unsaturated/α-hetero) is 1. The van der Waals surface area contributed by atoms with Crippen LogP contribution in [-0.4, -0.2) is 11.7 Å². The molecule has 1 amide bonds. The Hall–Kier alpha value is -0.860. The molecule has 0 aromatic heterocycles. The summed E-state index contributed by atoms with van der Waals surface area (Å²) in [6.07, 6.45) is 1.24. The average molecular weight is 183 g/mol. The number of carbonyl (C=O) groups is 2. The van der Waals surface area contributed by atoms with E-state index in [1.54, 1.807) is 6.92 Å². The van der Waals surface area contributed by atoms with Crippen LogP contribution in [0.2, 0.25) is 0 Å². The fourth-order valence-electron chi connectivity index (χ4n) is 2.30. The number of hydrogen-bond donors (Lipinski definition) is 1. The number of ketones is 1. The van der Waals surface area contributed by atoms with E-state index in [0.717, 1.165) is 6.42 Å². The van der Waals surface area contributed by atoms with Crippen molar-refractivity contribution in [2.24, 2.45) is 23.0 Å². The molecule has 74 valence electrons. The lowest BCUT2D eigenvalue weighted by Gasteiger charge is -2.50. The molecule has 0 aromatic carbocycles. The predicted octanol–water partition coefficient (Wildman–Crippen LogP) is 1.11. The number of carbonyl (C=O) groups excluding carboxylic acids is 2. The minimum absolute atomic E-state index is 0.0408. The molecule has 0 unspecified atom stereocenters. The third-order valence-corrected chi connectivity index (χ3v) is 3.41. The van der Waals surface area contributed by atoms with E-state index in [-0.39, 0.29) is 23.0 Å². The van der Waals surface area contributed by atoms with Crippen molar-refractivity contribution in [1.82, 2.24) is 0 Å². The summed E-state index contributed by atoms with van der Waals surface area (Å²) >= 11 is 0. The standard InChI is InChI=1S/C10H17NO2/c1-6(12)8-4-7(5-9(11)13)10(8,2)3/h7-8H,4-5H2,1-3H3,(H2,11,13)/t7-,8+/m1/s1. The SMILES string of the molecule is CC(=O)[C@@H]1C[C@H](CC(N)=O)C1(C)C. The fourth-order valence-corrected chi connectivity index (χ4v) is 2.30. The van der Waals surface area contributed by atoms with Crippen LogP contribution in [0.4, 0.5) is 0 Å². The van der Waals surface area contributed by atoms with Crippen LogP contribution in [0, 0.1) is 17.3 Å². The van der Waals surface area contributed by atoms with Gasteiger partial charge in [0.2, 0.25) is 5.91 Å². The van der Waals surface area contributed by atoms with Crippen LogP contribution in [-0.2, 0) is 9.59 Å². The zero-order valence-corrected chi connectivity index (χ0v) is 8.46. The summed E-state index contributed by atoms with van der Waals surface area (Å²) in [6.45, 7) is 5.69. The van der Waals surface area contributed by atoms with E-state index in [9.17, 15) is 9.59 Å². The Morgan fingerprint density at radius 2 is 2.00 bits per heavy atom. The van der Waals surface area contributed by atoms with Crippen molar-refractivity contribution >= 4 is 11.7 Å². The second-order valence-corrected chi connectivity index (χ2v) is 4.59. The molecule has 1 aliphatic carbocycles. The highest BCUT2D eigenvalue weighted by Crippen LogP contribution is 2.52. The Kier molecular flexibility index (Phi) is 2.46. The monoisotopic (exact) mass is 183 g/mol. The van der Waals surface area contributed by atoms with E-state index in [1.807, 2.05) is 13.8 Å². The van der Waals surface area contributed by atoms with Crippen molar-refractivity contribution in [3.63, 3.8) is 0 Å². The summed E-state index contributed by atoms with van der Waals surface area (Å²) < 4.78 is 0. The van der Waals surface area contributed by atoms with Gasteiger partial charge in [0.1, 0.15) is 5.78 Å². The topological polar surface area (TPSA) is 60.2 Å². The third kappa shape index (κ3) is 1.74. The lowest BCUT2D eigenvalue weighted by molar-refractivity contribution is -0.140. The quantitative estimate of drug-likeness (QED) is 0.712. The fraction of sp³-hybridized carbons (Fsp3) is 0.800. The second kappa shape index (κ2) is 3.13. The first-order valence-electron chi connectivity index (χ1n) is 4.64. The Morgan fingerprint density at radius 1 is 1.46 bits per heavy atom. The molecule has 0 radical (unpaired) electrons. The van der Waals surface area contributed by atoms with Crippen LogP contribution in [0.25, 0.3) is 0 Å². The molecule has 0 bridgehead atoms. The Bertz CT molecular complexity index is 245. The van der Waals surface area contributed by atoms with Gasteiger partial charge in [-0.25, -0.2) is 0 Å². The number of hydrogen-bond acceptors (Lipinski definition) is 2. The van der Waals surface area contributed by atoms with Crippen molar-refractivity contribution < 1.29 is 9.59 Å². The summed E-state index contributed by atoms with van der Waals surface area (Å²) in [6, 6.07) is 0. The molecule has 0 aliphatic heterocycles. The molecule has 2 atom stereocenters. The van der Waals surface area contributed by atoms with Crippen LogP contribution < -0.4 is 5.73 Å². The summed E-state index contributed by atoms with van der Waals surface area (Å²) in [5.41, 5.74) is 5.08. The van der Waals surface area contributed by atoms with E-state index in [2.05, 4.69) is 0 Å². The molecule has 0 aromatic rings. The highest BCUT2D eigenvalue weighted by Gasteiger charge is 2.50. The lowest BCUT2D eigenvalue weighted by atomic mass is 9.53. The van der Waals surface area contributed by atoms with Crippen molar-refractivity contribution in [3.8, 4) is 0 Å². The average Bonchev–Trinajstić information content (AvgIpc) is 1.96. The van der Waals surface area contributed by atoms with Gasteiger partial charge < -0.3 is 5.73 Å². The molecule has 1 fully saturated rings. The first-order chi connectivity index (χ1) is 5.85. The summed E-state index contributed by atoms with van der Waals surface area (Å²) in [5.74, 6) is 0.376. The minimum atomic E-state index is -0.264. The van der Waals surface area contributed by atoms with Gasteiger partial charge in [0.15, 0.2) is 0 Å². The number of rotatable bonds is 3. The Morgan fingerprint density at radius 3 is 2.31 bits per heavy atom. The van der Waals surface area contributed by atoms with Gasteiger partial charge in [0.25, 0.3) is 0 Å². The van der Waals surface area contributed by atoms with Gasteiger partial charge in [-0.05, 0) is 24.7 Å². The summed E-state index contributed by atoms with van der Waals surface area (Å²) in [4.78, 5) is 21.9. The predicted molar refractivity (Wildman–Crippen MR) is 49.9 cm³/mol. The number of nitrogens with two attached hydrogens (primary N) is 1. The van der Waals surface area contributed by atoms with Crippen LogP contribution >= 0.6 is 0 Å². The van der Waals surface area contributed by atoms with Crippen LogP contribution in [0.3, 0.4) is 0 Å².